The number of benzene rings is 7. The number of hydrogen-bond acceptors (Lipinski definition) is 29. The molecule has 1 unspecified atom stereocenters. The maximum Gasteiger partial charge on any atom is 0.330 e. The Hall–Kier alpha value is -10.4. The predicted octanol–water partition coefficient (Wildman–Crippen LogP) is 6.82. The molecule has 0 aromatic heterocycles. The number of halogens is 3. The van der Waals surface area contributed by atoms with Crippen LogP contribution in [0, 0.1) is 17.8 Å². The number of fused-ring (bicyclic) bond motifs is 15. The fourth-order valence-electron chi connectivity index (χ4n) is 16.7. The van der Waals surface area contributed by atoms with Crippen molar-refractivity contribution >= 4 is 81.9 Å². The van der Waals surface area contributed by atoms with E-state index in [1.54, 1.807) is 43.3 Å². The molecule has 23 atom stereocenters. The second kappa shape index (κ2) is 39.7. The quantitative estimate of drug-likeness (QED) is 0.0351. The van der Waals surface area contributed by atoms with Gasteiger partial charge in [0, 0.05) is 64.9 Å². The average Bonchev–Trinajstić information content (AvgIpc) is 0.761. The summed E-state index contributed by atoms with van der Waals surface area (Å²) in [4.78, 5) is 121. The number of nitrogens with two attached hydrogens (primary N) is 2. The number of carboxylic acid groups (broad SMARTS) is 1. The van der Waals surface area contributed by atoms with Crippen molar-refractivity contribution in [3.8, 4) is 68.6 Å². The molecular formula is C89H99Cl3N6O29. The average molecular weight is 1820 g/mol. The second-order valence-corrected chi connectivity index (χ2v) is 34.5. The zero-order chi connectivity index (χ0) is 91.6. The van der Waals surface area contributed by atoms with E-state index in [9.17, 15) is 75.7 Å². The van der Waals surface area contributed by atoms with Crippen LogP contribution in [0.5, 0.6) is 57.5 Å². The molecule has 20 N–H and O–H groups in total. The van der Waals surface area contributed by atoms with Crippen LogP contribution in [0.1, 0.15) is 150 Å². The first-order chi connectivity index (χ1) is 60.3. The molecule has 8 aliphatic heterocycles. The van der Waals surface area contributed by atoms with E-state index in [0.717, 1.165) is 54.1 Å². The van der Waals surface area contributed by atoms with Crippen molar-refractivity contribution in [3.05, 3.63) is 176 Å². The lowest BCUT2D eigenvalue weighted by atomic mass is 9.84. The molecule has 38 heteroatoms. The van der Waals surface area contributed by atoms with Gasteiger partial charge >= 0.3 is 5.97 Å². The van der Waals surface area contributed by atoms with Crippen LogP contribution < -0.4 is 51.7 Å². The number of primary amides is 1. The lowest BCUT2D eigenvalue weighted by molar-refractivity contribution is -0.351. The number of ketones is 2. The number of amides is 5. The summed E-state index contributed by atoms with van der Waals surface area (Å²) in [6.07, 6.45) is -29.3. The molecule has 127 heavy (non-hydrogen) atoms. The molecule has 5 amide bonds. The van der Waals surface area contributed by atoms with Gasteiger partial charge in [0.25, 0.3) is 0 Å². The SMILES string of the molecule is CC[C@H](CC(C)C)C(=O)N[C@H]1C(=O)C[C@@H](CC(N)=O)C(=O)N[C@H]2C(=O)C[C@H]3C(=O)N[C@H](C(=O)N[C@@H](C(=O)O)c4cc(O)cc(O)c4-c4cc3ccc4O)[C@H](OC3C[C@](C)(N)[C@@H](O)[C@H](C)O3)c3ccc(c(Cl)c3)Oc3cc2cc(c3O[C@@H]2O[C@H](CO)[C@@H](O[C@@H]3O[C@H](CCCc4ccc(Oc5ccc(Cl)cc5)cc4)[C@H](O)[C@H](O)[C@H]3O)[C@H](O)[C@H]2O)Oc2ccc(cc2Cl)[C@H]1O. The summed E-state index contributed by atoms with van der Waals surface area (Å²) in [6, 6.07) is 19.5. The van der Waals surface area contributed by atoms with Crippen molar-refractivity contribution in [1.29, 1.82) is 0 Å². The Bertz CT molecular complexity index is 5260. The molecule has 0 saturated carbocycles. The molecule has 11 bridgehead atoms. The first-order valence-electron chi connectivity index (χ1n) is 41.2. The zero-order valence-corrected chi connectivity index (χ0v) is 71.3. The number of aliphatic hydroxyl groups excluding tert-OH is 8. The highest BCUT2D eigenvalue weighted by Crippen LogP contribution is 2.51. The van der Waals surface area contributed by atoms with Crippen LogP contribution in [0.2, 0.25) is 15.1 Å². The monoisotopic (exact) mass is 1820 g/mol. The Morgan fingerprint density at radius 2 is 1.28 bits per heavy atom. The Morgan fingerprint density at radius 1 is 0.654 bits per heavy atom. The number of phenols is 3. The van der Waals surface area contributed by atoms with Crippen molar-refractivity contribution in [2.45, 2.75) is 220 Å². The van der Waals surface area contributed by atoms with E-state index in [1.807, 2.05) is 26.0 Å². The van der Waals surface area contributed by atoms with Crippen LogP contribution in [-0.4, -0.2) is 212 Å². The Labute approximate surface area is 742 Å². The van der Waals surface area contributed by atoms with Crippen molar-refractivity contribution in [2.24, 2.45) is 29.2 Å². The van der Waals surface area contributed by atoms with Crippen molar-refractivity contribution in [2.75, 3.05) is 6.61 Å². The number of carboxylic acids is 1. The Balaban J connectivity index is 0.953. The van der Waals surface area contributed by atoms with Crippen molar-refractivity contribution < 1.29 is 142 Å². The van der Waals surface area contributed by atoms with Crippen LogP contribution in [0.4, 0.5) is 0 Å². The summed E-state index contributed by atoms with van der Waals surface area (Å²) < 4.78 is 57.5. The van der Waals surface area contributed by atoms with E-state index in [2.05, 4.69) is 21.3 Å². The topological polar surface area (TPSA) is 563 Å². The van der Waals surface area contributed by atoms with Gasteiger partial charge in [-0.05, 0) is 171 Å². The van der Waals surface area contributed by atoms with Gasteiger partial charge in [-0.1, -0.05) is 85.9 Å². The smallest absolute Gasteiger partial charge is 0.330 e. The summed E-state index contributed by atoms with van der Waals surface area (Å²) in [5.74, 6) is -18.7. The summed E-state index contributed by atoms with van der Waals surface area (Å²) in [5.41, 5.74) is 9.39. The third kappa shape index (κ3) is 21.2. The standard InChI is InChI=1S/C89H99Cl3N6O29/c1-6-40(24-37(2)3)82(113)97-70-57(103)28-45(31-65(93)105)83(114)95-68-44-29-62(121-59-22-13-42(72(70)106)26-53(59)91)79(126-88-77(111)75(109)80(64(36-99)124-88)127-87-76(110)74(108)73(107)61(123-87)9-7-8-39-10-17-48(18-11-39)120-49-19-15-46(90)16-20-49)63(30-44)122-60-23-14-43(27-54(60)92)78(125-66-35-89(5,94)81(112)38(4)119-66)71-85(116)96-69(86(117)118)52-32-47(100)33-56(102)67(52)51-25-41(12-21-55(51)101)50(34-58(68)104)84(115)98-71/h10-23,25-27,29-30,32-33,37-38,40,45,50,61,64,66,68-78,80-81,87-88,99-102,106-112H,6-9,24,28,31,34-36,94H2,1-5H3,(H2,93,105)(H,95,114)(H,96,116)(H,97,113)(H,98,115)(H,117,118)/t38-,40+,45-,50+,61+,64+,66?,68+,69+,70-,71-,72+,73-,74-,75+,76+,77+,78+,80+,81-,87-,88-,89-/m0/s1. The van der Waals surface area contributed by atoms with E-state index in [4.69, 9.17) is 88.9 Å². The van der Waals surface area contributed by atoms with E-state index in [-0.39, 0.29) is 52.6 Å². The predicted molar refractivity (Wildman–Crippen MR) is 449 cm³/mol. The van der Waals surface area contributed by atoms with Crippen LogP contribution in [0.3, 0.4) is 0 Å². The number of phenolic OH excluding ortho intramolecular Hbond substituents is 3. The van der Waals surface area contributed by atoms with Gasteiger partial charge in [-0.3, -0.25) is 33.6 Å². The Kier molecular flexibility index (Phi) is 29.4. The molecular weight excluding hydrogens is 1720 g/mol. The number of aliphatic carboxylic acids is 1. The minimum Gasteiger partial charge on any atom is -0.508 e. The van der Waals surface area contributed by atoms with Gasteiger partial charge in [-0.25, -0.2) is 4.79 Å². The molecule has 35 nitrogen and oxygen atoms in total. The molecule has 8 aliphatic rings. The molecule has 680 valence electrons. The lowest BCUT2D eigenvalue weighted by Gasteiger charge is -2.46. The molecule has 3 saturated heterocycles. The number of rotatable bonds is 21. The second-order valence-electron chi connectivity index (χ2n) is 33.3. The van der Waals surface area contributed by atoms with E-state index < -0.39 is 280 Å². The highest BCUT2D eigenvalue weighted by molar-refractivity contribution is 6.32. The highest BCUT2D eigenvalue weighted by atomic mass is 35.5. The lowest BCUT2D eigenvalue weighted by Crippen LogP contribution is -2.64. The minimum atomic E-state index is -2.34. The van der Waals surface area contributed by atoms with Gasteiger partial charge in [0.1, 0.15) is 113 Å². The largest absolute Gasteiger partial charge is 0.508 e. The van der Waals surface area contributed by atoms with E-state index in [0.29, 0.717) is 35.8 Å². The fourth-order valence-corrected chi connectivity index (χ4v) is 17.3. The van der Waals surface area contributed by atoms with Gasteiger partial charge in [0.2, 0.25) is 41.6 Å². The molecule has 0 spiro atoms. The molecule has 7 aromatic rings. The number of ether oxygens (including phenoxy) is 9. The van der Waals surface area contributed by atoms with Gasteiger partial charge in [0.05, 0.1) is 46.8 Å². The maximum atomic E-state index is 16.6. The van der Waals surface area contributed by atoms with Gasteiger partial charge < -0.3 is 137 Å². The van der Waals surface area contributed by atoms with Gasteiger partial charge in [-0.2, -0.15) is 0 Å². The van der Waals surface area contributed by atoms with Crippen molar-refractivity contribution in [3.63, 3.8) is 0 Å². The van der Waals surface area contributed by atoms with Crippen LogP contribution in [-0.2, 0) is 68.5 Å². The third-order valence-corrected chi connectivity index (χ3v) is 24.3. The number of carbonyl (C=O) groups is 8. The first-order valence-corrected chi connectivity index (χ1v) is 42.3. The molecule has 0 radical (unpaired) electrons. The van der Waals surface area contributed by atoms with Crippen molar-refractivity contribution in [1.82, 2.24) is 21.3 Å². The van der Waals surface area contributed by atoms with Gasteiger partial charge in [-0.15, -0.1) is 0 Å². The number of aryl methyl sites for hydroxylation is 1. The molecule has 8 heterocycles. The molecule has 7 aromatic carbocycles. The maximum absolute atomic E-state index is 16.6. The Morgan fingerprint density at radius 3 is 1.91 bits per heavy atom. The normalized spacial score (nSPS) is 29.6. The summed E-state index contributed by atoms with van der Waals surface area (Å²) in [5, 5.41) is 150. The molecule has 0 aliphatic carbocycles. The number of aliphatic hydroxyl groups is 8. The van der Waals surface area contributed by atoms with E-state index in [1.165, 1.54) is 44.2 Å². The zero-order valence-electron chi connectivity index (χ0n) is 69.1. The first kappa shape index (κ1) is 94.2. The minimum absolute atomic E-state index is 0.0470. The molecule has 3 fully saturated rings. The van der Waals surface area contributed by atoms with Crippen LogP contribution in [0.15, 0.2) is 127 Å². The molecule has 15 rings (SSSR count). The number of hydrogen-bond donors (Lipinski definition) is 18. The summed E-state index contributed by atoms with van der Waals surface area (Å²) in [6.45, 7) is 7.32. The summed E-state index contributed by atoms with van der Waals surface area (Å²) in [7, 11) is 0. The number of carbonyl (C=O) groups excluding carboxylic acids is 7. The van der Waals surface area contributed by atoms with Gasteiger partial charge in [0.15, 0.2) is 41.7 Å². The fraction of sp³-hybridized carbons (Fsp3) is 0.438. The number of aromatic hydroxyl groups is 3. The van der Waals surface area contributed by atoms with Crippen LogP contribution >= 0.6 is 34.8 Å². The third-order valence-electron chi connectivity index (χ3n) is 23.5. The number of Topliss-reactive ketones (excluding diaryl/α,β-unsaturated/α-hetero) is 2. The van der Waals surface area contributed by atoms with E-state index >= 15 is 24.0 Å². The summed E-state index contributed by atoms with van der Waals surface area (Å²) >= 11 is 20.6. The number of nitrogens with one attached hydrogen (secondary N) is 4. The van der Waals surface area contributed by atoms with Crippen LogP contribution in [0.25, 0.3) is 11.1 Å². The highest BCUT2D eigenvalue weighted by Gasteiger charge is 2.53.